The second kappa shape index (κ2) is 2.76. The topological polar surface area (TPSA) is 28.7 Å². The van der Waals surface area contributed by atoms with Crippen LogP contribution >= 0.6 is 0 Å². The Morgan fingerprint density at radius 1 is 1.07 bits per heavy atom. The van der Waals surface area contributed by atoms with Gasteiger partial charge in [-0.1, -0.05) is 0 Å². The summed E-state index contributed by atoms with van der Waals surface area (Å²) in [5, 5.41) is 0.864. The fourth-order valence-corrected chi connectivity index (χ4v) is 1.76. The van der Waals surface area contributed by atoms with Gasteiger partial charge in [-0.2, -0.15) is 0 Å². The van der Waals surface area contributed by atoms with E-state index in [4.69, 9.17) is 0 Å². The number of rotatable bonds is 0. The van der Waals surface area contributed by atoms with E-state index in [9.17, 15) is 8.78 Å². The predicted molar refractivity (Wildman–Crippen MR) is 53.5 cm³/mol. The van der Waals surface area contributed by atoms with Gasteiger partial charge in [0.2, 0.25) is 0 Å². The number of nitrogens with zero attached hydrogens (tertiary/aromatic N) is 1. The Balaban J connectivity index is 2.66. The third-order valence-electron chi connectivity index (χ3n) is 2.42. The molecule has 3 aromatic rings. The van der Waals surface area contributed by atoms with Gasteiger partial charge in [0.1, 0.15) is 17.3 Å². The molecule has 1 aromatic carbocycles. The molecule has 1 N–H and O–H groups in total. The van der Waals surface area contributed by atoms with E-state index in [-0.39, 0.29) is 10.9 Å². The molecule has 0 amide bonds. The largest absolute Gasteiger partial charge is 0.337 e. The van der Waals surface area contributed by atoms with E-state index in [2.05, 4.69) is 9.97 Å². The van der Waals surface area contributed by atoms with E-state index in [1.807, 2.05) is 0 Å². The van der Waals surface area contributed by atoms with E-state index < -0.39 is 11.6 Å². The molecule has 0 aliphatic heterocycles. The molecular weight excluding hydrogens is 198 g/mol. The van der Waals surface area contributed by atoms with Crippen LogP contribution in [0.5, 0.6) is 0 Å². The van der Waals surface area contributed by atoms with Gasteiger partial charge in [0, 0.05) is 17.0 Å². The Hall–Kier alpha value is -1.97. The van der Waals surface area contributed by atoms with Gasteiger partial charge in [-0.25, -0.2) is 13.8 Å². The number of aromatic nitrogens is 2. The molecule has 0 spiro atoms. The van der Waals surface area contributed by atoms with Crippen molar-refractivity contribution in [3.63, 3.8) is 0 Å². The zero-order valence-corrected chi connectivity index (χ0v) is 7.59. The van der Waals surface area contributed by atoms with E-state index in [1.165, 1.54) is 0 Å². The lowest BCUT2D eigenvalue weighted by Crippen LogP contribution is -1.80. The van der Waals surface area contributed by atoms with Gasteiger partial charge in [-0.15, -0.1) is 0 Å². The Bertz CT molecular complexity index is 658. The molecule has 0 aliphatic carbocycles. The van der Waals surface area contributed by atoms with Crippen LogP contribution in [0.15, 0.2) is 30.5 Å². The van der Waals surface area contributed by atoms with Crippen LogP contribution in [0.4, 0.5) is 8.78 Å². The SMILES string of the molecule is Fc1ccc(F)c2c1[nH]c1ncccc12. The molecular formula is C11H6F2N2. The summed E-state index contributed by atoms with van der Waals surface area (Å²) in [5.41, 5.74) is 0.667. The predicted octanol–water partition coefficient (Wildman–Crippen LogP) is 2.99. The number of benzene rings is 1. The first-order valence-electron chi connectivity index (χ1n) is 4.48. The second-order valence-corrected chi connectivity index (χ2v) is 3.30. The smallest absolute Gasteiger partial charge is 0.147 e. The number of hydrogen-bond acceptors (Lipinski definition) is 1. The Labute approximate surface area is 83.6 Å². The molecule has 15 heavy (non-hydrogen) atoms. The Morgan fingerprint density at radius 3 is 2.73 bits per heavy atom. The summed E-state index contributed by atoms with van der Waals surface area (Å²) >= 11 is 0. The lowest BCUT2D eigenvalue weighted by atomic mass is 10.2. The highest BCUT2D eigenvalue weighted by Crippen LogP contribution is 2.27. The molecule has 0 unspecified atom stereocenters. The normalized spacial score (nSPS) is 11.3. The summed E-state index contributed by atoms with van der Waals surface area (Å²) in [7, 11) is 0. The first-order valence-corrected chi connectivity index (χ1v) is 4.48. The van der Waals surface area contributed by atoms with Crippen molar-refractivity contribution in [3.05, 3.63) is 42.1 Å². The van der Waals surface area contributed by atoms with Crippen molar-refractivity contribution < 1.29 is 8.78 Å². The highest BCUT2D eigenvalue weighted by atomic mass is 19.1. The van der Waals surface area contributed by atoms with Gasteiger partial charge in [-0.3, -0.25) is 0 Å². The summed E-state index contributed by atoms with van der Waals surface area (Å²) < 4.78 is 26.9. The molecule has 0 bridgehead atoms. The van der Waals surface area contributed by atoms with Crippen LogP contribution < -0.4 is 0 Å². The lowest BCUT2D eigenvalue weighted by molar-refractivity contribution is 0.617. The van der Waals surface area contributed by atoms with Crippen LogP contribution in [0.25, 0.3) is 21.9 Å². The average molecular weight is 204 g/mol. The monoisotopic (exact) mass is 204 g/mol. The zero-order chi connectivity index (χ0) is 10.4. The summed E-state index contributed by atoms with van der Waals surface area (Å²) in [5.74, 6) is -0.907. The molecule has 0 fully saturated rings. The molecule has 0 radical (unpaired) electrons. The van der Waals surface area contributed by atoms with Crippen molar-refractivity contribution >= 4 is 21.9 Å². The van der Waals surface area contributed by atoms with Crippen molar-refractivity contribution in [2.24, 2.45) is 0 Å². The van der Waals surface area contributed by atoms with Crippen molar-refractivity contribution in [2.45, 2.75) is 0 Å². The average Bonchev–Trinajstić information content (AvgIpc) is 2.64. The van der Waals surface area contributed by atoms with Gasteiger partial charge < -0.3 is 4.98 Å². The number of nitrogens with one attached hydrogen (secondary N) is 1. The number of halogens is 2. The van der Waals surface area contributed by atoms with Gasteiger partial charge in [0.15, 0.2) is 0 Å². The zero-order valence-electron chi connectivity index (χ0n) is 7.59. The maximum absolute atomic E-state index is 13.5. The Morgan fingerprint density at radius 2 is 1.87 bits per heavy atom. The fourth-order valence-electron chi connectivity index (χ4n) is 1.76. The number of H-pyrrole nitrogens is 1. The first kappa shape index (κ1) is 8.35. The number of hydrogen-bond donors (Lipinski definition) is 1. The molecule has 2 heterocycles. The second-order valence-electron chi connectivity index (χ2n) is 3.30. The van der Waals surface area contributed by atoms with E-state index in [1.54, 1.807) is 18.3 Å². The molecule has 0 aliphatic rings. The van der Waals surface area contributed by atoms with Crippen molar-refractivity contribution in [2.75, 3.05) is 0 Å². The molecule has 0 saturated heterocycles. The van der Waals surface area contributed by atoms with Crippen LogP contribution in [0.2, 0.25) is 0 Å². The third-order valence-corrected chi connectivity index (χ3v) is 2.42. The molecule has 74 valence electrons. The maximum Gasteiger partial charge on any atom is 0.147 e. The van der Waals surface area contributed by atoms with E-state index in [0.717, 1.165) is 12.1 Å². The number of aromatic amines is 1. The number of fused-ring (bicyclic) bond motifs is 3. The summed E-state index contributed by atoms with van der Waals surface area (Å²) in [4.78, 5) is 6.77. The van der Waals surface area contributed by atoms with Crippen molar-refractivity contribution in [1.82, 2.24) is 9.97 Å². The minimum absolute atomic E-state index is 0.170. The van der Waals surface area contributed by atoms with E-state index in [0.29, 0.717) is 11.0 Å². The third kappa shape index (κ3) is 1.05. The molecule has 3 rings (SSSR count). The molecule has 4 heteroatoms. The summed E-state index contributed by atoms with van der Waals surface area (Å²) in [6.07, 6.45) is 1.58. The molecule has 0 saturated carbocycles. The molecule has 0 atom stereocenters. The van der Waals surface area contributed by atoms with Gasteiger partial charge in [-0.05, 0) is 24.3 Å². The highest BCUT2D eigenvalue weighted by molar-refractivity contribution is 6.06. The lowest BCUT2D eigenvalue weighted by Gasteiger charge is -1.94. The minimum Gasteiger partial charge on any atom is -0.337 e. The van der Waals surface area contributed by atoms with Crippen LogP contribution in [0.1, 0.15) is 0 Å². The maximum atomic E-state index is 13.5. The summed E-state index contributed by atoms with van der Waals surface area (Å²) in [6, 6.07) is 5.63. The van der Waals surface area contributed by atoms with Crippen LogP contribution in [-0.2, 0) is 0 Å². The van der Waals surface area contributed by atoms with Gasteiger partial charge in [0.25, 0.3) is 0 Å². The highest BCUT2D eigenvalue weighted by Gasteiger charge is 2.12. The van der Waals surface area contributed by atoms with E-state index >= 15 is 0 Å². The minimum atomic E-state index is -0.468. The van der Waals surface area contributed by atoms with Crippen molar-refractivity contribution in [3.8, 4) is 0 Å². The van der Waals surface area contributed by atoms with Gasteiger partial charge >= 0.3 is 0 Å². The summed E-state index contributed by atoms with van der Waals surface area (Å²) in [6.45, 7) is 0. The fraction of sp³-hybridized carbons (Fsp3) is 0. The van der Waals surface area contributed by atoms with Crippen LogP contribution in [0, 0.1) is 11.6 Å². The van der Waals surface area contributed by atoms with Gasteiger partial charge in [0.05, 0.1) is 5.52 Å². The molecule has 2 nitrogen and oxygen atoms in total. The molecule has 2 aromatic heterocycles. The number of pyridine rings is 1. The first-order chi connectivity index (χ1) is 7.27. The quantitative estimate of drug-likeness (QED) is 0.599. The van der Waals surface area contributed by atoms with Crippen LogP contribution in [0.3, 0.4) is 0 Å². The standard InChI is InChI=1S/C11H6F2N2/c12-7-3-4-8(13)10-9(7)6-2-1-5-14-11(6)15-10/h1-5H,(H,14,15). The Kier molecular flexibility index (Phi) is 1.54. The van der Waals surface area contributed by atoms with Crippen molar-refractivity contribution in [1.29, 1.82) is 0 Å². The van der Waals surface area contributed by atoms with Crippen LogP contribution in [-0.4, -0.2) is 9.97 Å².